The fraction of sp³-hybridized carbons (Fsp3) is 0.351. The second-order valence-corrected chi connectivity index (χ2v) is 21.1. The van der Waals surface area contributed by atoms with E-state index in [9.17, 15) is 14.4 Å². The van der Waals surface area contributed by atoms with Gasteiger partial charge in [-0.15, -0.1) is 0 Å². The predicted molar refractivity (Wildman–Crippen MR) is 289 cm³/mol. The van der Waals surface area contributed by atoms with Gasteiger partial charge >= 0.3 is 0 Å². The van der Waals surface area contributed by atoms with Crippen LogP contribution in [-0.2, 0) is 27.3 Å². The van der Waals surface area contributed by atoms with Crippen molar-refractivity contribution in [1.82, 2.24) is 19.9 Å². The second kappa shape index (κ2) is 23.8. The Balaban J connectivity index is 0.827. The summed E-state index contributed by atoms with van der Waals surface area (Å²) in [5, 5.41) is 1.49. The zero-order valence-corrected chi connectivity index (χ0v) is 44.4. The van der Waals surface area contributed by atoms with Crippen molar-refractivity contribution in [3.63, 3.8) is 0 Å². The summed E-state index contributed by atoms with van der Waals surface area (Å²) in [5.41, 5.74) is 12.5. The number of piperazine rings is 1. The minimum atomic E-state index is -0.470. The number of fused-ring (bicyclic) bond motifs is 3. The number of halogens is 4. The van der Waals surface area contributed by atoms with Gasteiger partial charge in [0.25, 0.3) is 0 Å². The van der Waals surface area contributed by atoms with Crippen molar-refractivity contribution in [1.29, 1.82) is 0 Å². The monoisotopic (exact) mass is 1060 g/mol. The molecule has 1 saturated heterocycles. The summed E-state index contributed by atoms with van der Waals surface area (Å²) in [6.07, 6.45) is 5.48. The fourth-order valence-corrected chi connectivity index (χ4v) is 10.2. The summed E-state index contributed by atoms with van der Waals surface area (Å²) in [5.74, 6) is 0.941. The molecule has 2 aliphatic rings. The maximum atomic E-state index is 15.4. The quantitative estimate of drug-likeness (QED) is 0.0467. The number of ketones is 2. The van der Waals surface area contributed by atoms with E-state index in [0.717, 1.165) is 28.7 Å². The van der Waals surface area contributed by atoms with Crippen molar-refractivity contribution in [3.05, 3.63) is 157 Å². The Morgan fingerprint density at radius 2 is 1.55 bits per heavy atom. The largest absolute Gasteiger partial charge is 0.496 e. The van der Waals surface area contributed by atoms with Gasteiger partial charge in [-0.1, -0.05) is 85.9 Å². The number of aromatic nitrogens is 3. The number of amides is 1. The first-order valence-electron chi connectivity index (χ1n) is 24.5. The molecular formula is C57H59Cl3FN7O6. The summed E-state index contributed by atoms with van der Waals surface area (Å²) < 4.78 is 32.4. The van der Waals surface area contributed by atoms with Crippen LogP contribution in [0.1, 0.15) is 109 Å². The third-order valence-electron chi connectivity index (χ3n) is 13.1. The number of carbonyl (C=O) groups excluding carboxylic acids is 3. The van der Waals surface area contributed by atoms with Gasteiger partial charge in [0.2, 0.25) is 5.91 Å². The molecule has 74 heavy (non-hydrogen) atoms. The molecule has 0 spiro atoms. The van der Waals surface area contributed by atoms with Gasteiger partial charge in [-0.05, 0) is 90.4 Å². The van der Waals surface area contributed by atoms with Gasteiger partial charge < -0.3 is 29.7 Å². The molecule has 0 radical (unpaired) electrons. The number of rotatable bonds is 19. The van der Waals surface area contributed by atoms with Crippen LogP contribution in [0.25, 0.3) is 11.3 Å². The standard InChI is InChI=1S/C57H59Cl3FN7O6/c1-57(2,3)28-40-32-67(33-47(35-14-16-37(58)17-15-35)68(40)56-46(62)26-39(60)31-65-56)52(71)27-41(69)9-7-21-74-22-8-11-48(70)43-19-13-34(23-50(43)73-5)24-51-63-29-36-30-64-55(53-45(61)10-6-12-49(53)72-4)44-25-38(59)18-20-42(44)54(36)66-51/h6,10,12-20,23,25-26,29,31,40,47H,7-9,11,21-22,24,27-28,30,32-33,62H2,1-5H3/t40-,47-/m0/s1. The topological polar surface area (TPSA) is 162 Å². The van der Waals surface area contributed by atoms with Crippen molar-refractivity contribution in [3.8, 4) is 22.8 Å². The number of nitrogen functional groups attached to an aromatic ring is 1. The highest BCUT2D eigenvalue weighted by Gasteiger charge is 2.40. The lowest BCUT2D eigenvalue weighted by molar-refractivity contribution is -0.136. The maximum absolute atomic E-state index is 15.4. The zero-order chi connectivity index (χ0) is 52.7. The van der Waals surface area contributed by atoms with Gasteiger partial charge in [-0.25, -0.2) is 19.3 Å². The molecule has 17 heteroatoms. The molecule has 0 saturated carbocycles. The number of pyridine rings is 1. The Hall–Kier alpha value is -6.45. The molecule has 2 atom stereocenters. The van der Waals surface area contributed by atoms with Gasteiger partial charge in [-0.3, -0.25) is 19.4 Å². The highest BCUT2D eigenvalue weighted by Crippen LogP contribution is 2.41. The third kappa shape index (κ3) is 12.9. The summed E-state index contributed by atoms with van der Waals surface area (Å²) in [6.45, 7) is 8.01. The minimum Gasteiger partial charge on any atom is -0.496 e. The van der Waals surface area contributed by atoms with Gasteiger partial charge in [0.05, 0.1) is 66.5 Å². The normalized spacial score (nSPS) is 15.4. The van der Waals surface area contributed by atoms with E-state index in [-0.39, 0.29) is 66.3 Å². The van der Waals surface area contributed by atoms with Crippen molar-refractivity contribution in [2.45, 2.75) is 84.3 Å². The Morgan fingerprint density at radius 3 is 2.28 bits per heavy atom. The van der Waals surface area contributed by atoms with Crippen LogP contribution in [0.3, 0.4) is 0 Å². The molecule has 1 amide bonds. The lowest BCUT2D eigenvalue weighted by Crippen LogP contribution is -2.57. The van der Waals surface area contributed by atoms with Crippen LogP contribution in [0, 0.1) is 11.2 Å². The number of nitrogens with zero attached hydrogens (tertiary/aromatic N) is 6. The van der Waals surface area contributed by atoms with Crippen LogP contribution in [-0.4, -0.2) is 89.6 Å². The van der Waals surface area contributed by atoms with E-state index in [2.05, 4.69) is 35.6 Å². The lowest BCUT2D eigenvalue weighted by atomic mass is 9.84. The number of carbonyl (C=O) groups is 3. The molecule has 6 aromatic rings. The molecule has 0 unspecified atom stereocenters. The SMILES string of the molecule is COc1cc(Cc2ncc3c(n2)-c2ccc(Cl)cc2C(c2c(F)cccc2OC)=NC3)ccc1C(=O)CCCOCCCC(=O)CC(=O)N1C[C@H](CC(C)(C)C)N(c2ncc(Cl)cc2N)[C@H](c2ccc(Cl)cc2)C1. The predicted octanol–water partition coefficient (Wildman–Crippen LogP) is 11.8. The first-order chi connectivity index (χ1) is 35.5. The molecule has 1 fully saturated rings. The first-order valence-corrected chi connectivity index (χ1v) is 25.7. The van der Waals surface area contributed by atoms with E-state index >= 15 is 4.39 Å². The number of methoxy groups -OCH3 is 2. The van der Waals surface area contributed by atoms with E-state index in [1.54, 1.807) is 53.7 Å². The molecule has 13 nitrogen and oxygen atoms in total. The van der Waals surface area contributed by atoms with E-state index < -0.39 is 5.82 Å². The van der Waals surface area contributed by atoms with Gasteiger partial charge in [0.15, 0.2) is 11.6 Å². The Labute approximate surface area is 446 Å². The van der Waals surface area contributed by atoms with Crippen LogP contribution in [0.15, 0.2) is 102 Å². The smallest absolute Gasteiger partial charge is 0.230 e. The van der Waals surface area contributed by atoms with Crippen molar-refractivity contribution in [2.24, 2.45) is 10.4 Å². The van der Waals surface area contributed by atoms with E-state index in [1.807, 2.05) is 42.5 Å². The maximum Gasteiger partial charge on any atom is 0.230 e. The highest BCUT2D eigenvalue weighted by molar-refractivity contribution is 6.32. The molecule has 2 N–H and O–H groups in total. The van der Waals surface area contributed by atoms with Crippen LogP contribution in [0.2, 0.25) is 15.1 Å². The number of Topliss-reactive ketones (excluding diaryl/α,β-unsaturated/α-hetero) is 2. The number of hydrogen-bond donors (Lipinski definition) is 1. The zero-order valence-electron chi connectivity index (χ0n) is 42.1. The molecule has 8 rings (SSSR count). The van der Waals surface area contributed by atoms with Gasteiger partial charge in [0.1, 0.15) is 28.9 Å². The molecule has 386 valence electrons. The summed E-state index contributed by atoms with van der Waals surface area (Å²) >= 11 is 19.0. The van der Waals surface area contributed by atoms with Gasteiger partial charge in [0, 0.05) is 90.7 Å². The van der Waals surface area contributed by atoms with Crippen LogP contribution < -0.4 is 20.1 Å². The highest BCUT2D eigenvalue weighted by atomic mass is 35.5. The number of anilines is 2. The molecule has 0 aliphatic carbocycles. The average Bonchev–Trinajstić information content (AvgIpc) is 3.51. The second-order valence-electron chi connectivity index (χ2n) is 19.8. The fourth-order valence-electron chi connectivity index (χ4n) is 9.71. The molecule has 4 heterocycles. The Kier molecular flexibility index (Phi) is 17.3. The van der Waals surface area contributed by atoms with Crippen molar-refractivity contribution < 1.29 is 33.0 Å². The lowest BCUT2D eigenvalue weighted by Gasteiger charge is -2.49. The average molecular weight is 1060 g/mol. The van der Waals surface area contributed by atoms with Crippen molar-refractivity contribution >= 4 is 69.5 Å². The summed E-state index contributed by atoms with van der Waals surface area (Å²) in [6, 6.07) is 24.2. The molecule has 2 aromatic heterocycles. The summed E-state index contributed by atoms with van der Waals surface area (Å²) in [4.78, 5) is 63.7. The molecule has 0 bridgehead atoms. The number of hydrogen-bond acceptors (Lipinski definition) is 12. The first kappa shape index (κ1) is 53.8. The minimum absolute atomic E-state index is 0.0960. The van der Waals surface area contributed by atoms with Crippen molar-refractivity contribution in [2.75, 3.05) is 51.2 Å². The Bertz CT molecular complexity index is 3080. The summed E-state index contributed by atoms with van der Waals surface area (Å²) in [7, 11) is 3.01. The third-order valence-corrected chi connectivity index (χ3v) is 13.8. The number of benzene rings is 4. The van der Waals surface area contributed by atoms with Crippen LogP contribution >= 0.6 is 34.8 Å². The Morgan fingerprint density at radius 1 is 0.811 bits per heavy atom. The van der Waals surface area contributed by atoms with E-state index in [1.165, 1.54) is 20.3 Å². The molecule has 2 aliphatic heterocycles. The van der Waals surface area contributed by atoms with Crippen LogP contribution in [0.5, 0.6) is 11.5 Å². The van der Waals surface area contributed by atoms with E-state index in [4.69, 9.17) is 64.7 Å². The number of nitrogens with two attached hydrogens (primary N) is 1. The van der Waals surface area contributed by atoms with Crippen LogP contribution in [0.4, 0.5) is 15.9 Å². The van der Waals surface area contributed by atoms with Gasteiger partial charge in [-0.2, -0.15) is 0 Å². The molecular weight excluding hydrogens is 1000 g/mol. The number of ether oxygens (including phenoxy) is 3. The number of aliphatic imine (C=N–C) groups is 1. The molecule has 4 aromatic carbocycles. The van der Waals surface area contributed by atoms with E-state index in [0.29, 0.717) is 112 Å².